The smallest absolute Gasteiger partial charge is 0.261 e. The lowest BCUT2D eigenvalue weighted by Gasteiger charge is -2.09. The Balaban J connectivity index is 2.31. The monoisotopic (exact) mass is 371 g/mol. The summed E-state index contributed by atoms with van der Waals surface area (Å²) in [5, 5.41) is 0. The molecule has 0 saturated heterocycles. The molecule has 0 radical (unpaired) electrons. The number of sulfonamides is 1. The first-order valence-electron chi connectivity index (χ1n) is 5.88. The average molecular weight is 372 g/mol. The number of nitrogens with one attached hydrogen (secondary N) is 1. The lowest BCUT2D eigenvalue weighted by Crippen LogP contribution is -2.14. The van der Waals surface area contributed by atoms with Crippen molar-refractivity contribution < 1.29 is 17.6 Å². The fourth-order valence-corrected chi connectivity index (χ4v) is 3.05. The summed E-state index contributed by atoms with van der Waals surface area (Å²) >= 11 is 3.09. The Morgan fingerprint density at radius 2 is 1.76 bits per heavy atom. The van der Waals surface area contributed by atoms with Gasteiger partial charge in [-0.2, -0.15) is 0 Å². The second-order valence-electron chi connectivity index (χ2n) is 4.31. The van der Waals surface area contributed by atoms with Gasteiger partial charge in [-0.1, -0.05) is 28.1 Å². The van der Waals surface area contributed by atoms with Gasteiger partial charge in [0.1, 0.15) is 5.82 Å². The predicted octanol–water partition coefficient (Wildman–Crippen LogP) is 3.59. The number of halogens is 2. The van der Waals surface area contributed by atoms with Crippen LogP contribution in [0.3, 0.4) is 0 Å². The molecule has 0 unspecified atom stereocenters. The molecule has 0 aromatic heterocycles. The highest BCUT2D eigenvalue weighted by Crippen LogP contribution is 2.22. The number of benzene rings is 2. The highest BCUT2D eigenvalue weighted by Gasteiger charge is 2.16. The molecule has 0 amide bonds. The summed E-state index contributed by atoms with van der Waals surface area (Å²) in [4.78, 5) is 11.1. The second kappa shape index (κ2) is 5.95. The maximum atomic E-state index is 13.7. The van der Waals surface area contributed by atoms with Crippen LogP contribution in [0.15, 0.2) is 51.8 Å². The van der Waals surface area contributed by atoms with Crippen LogP contribution in [-0.4, -0.2) is 14.2 Å². The molecule has 2 aromatic carbocycles. The van der Waals surface area contributed by atoms with Crippen LogP contribution >= 0.6 is 15.9 Å². The van der Waals surface area contributed by atoms with Crippen LogP contribution in [0.1, 0.15) is 17.3 Å². The number of carbonyl (C=O) groups is 1. The third-order valence-electron chi connectivity index (χ3n) is 2.75. The van der Waals surface area contributed by atoms with Crippen LogP contribution in [0.2, 0.25) is 0 Å². The molecule has 4 nitrogen and oxygen atoms in total. The number of hydrogen-bond acceptors (Lipinski definition) is 3. The van der Waals surface area contributed by atoms with Crippen molar-refractivity contribution >= 4 is 37.4 Å². The first kappa shape index (κ1) is 15.7. The Hall–Kier alpha value is -1.73. The number of Topliss-reactive ketones (excluding diaryl/α,β-unsaturated/α-hetero) is 1. The lowest BCUT2D eigenvalue weighted by atomic mass is 10.2. The van der Waals surface area contributed by atoms with Crippen LogP contribution in [0.25, 0.3) is 0 Å². The summed E-state index contributed by atoms with van der Waals surface area (Å²) in [6.45, 7) is 1.39. The molecule has 0 spiro atoms. The third kappa shape index (κ3) is 3.68. The summed E-state index contributed by atoms with van der Waals surface area (Å²) in [6, 6.07) is 9.44. The molecular weight excluding hydrogens is 361 g/mol. The Bertz CT molecular complexity index is 788. The highest BCUT2D eigenvalue weighted by molar-refractivity contribution is 9.10. The average Bonchev–Trinajstić information content (AvgIpc) is 2.42. The van der Waals surface area contributed by atoms with E-state index in [1.165, 1.54) is 43.3 Å². The van der Waals surface area contributed by atoms with Crippen molar-refractivity contribution in [2.45, 2.75) is 11.8 Å². The van der Waals surface area contributed by atoms with E-state index in [4.69, 9.17) is 0 Å². The van der Waals surface area contributed by atoms with Gasteiger partial charge in [-0.05, 0) is 37.3 Å². The fraction of sp³-hybridized carbons (Fsp3) is 0.0714. The Labute approximate surface area is 130 Å². The molecule has 1 N–H and O–H groups in total. The minimum Gasteiger partial charge on any atom is -0.295 e. The van der Waals surface area contributed by atoms with Crippen molar-refractivity contribution in [3.8, 4) is 0 Å². The molecule has 2 aromatic rings. The second-order valence-corrected chi connectivity index (χ2v) is 6.91. The van der Waals surface area contributed by atoms with Crippen LogP contribution in [0.5, 0.6) is 0 Å². The zero-order chi connectivity index (χ0) is 15.6. The van der Waals surface area contributed by atoms with Crippen molar-refractivity contribution in [3.63, 3.8) is 0 Å². The summed E-state index contributed by atoms with van der Waals surface area (Å²) in [6.07, 6.45) is 0. The molecular formula is C14H11BrFNO3S. The molecule has 110 valence electrons. The molecule has 0 aliphatic carbocycles. The highest BCUT2D eigenvalue weighted by atomic mass is 79.9. The zero-order valence-corrected chi connectivity index (χ0v) is 13.3. The quantitative estimate of drug-likeness (QED) is 0.835. The van der Waals surface area contributed by atoms with E-state index in [-0.39, 0.29) is 16.4 Å². The number of anilines is 1. The standard InChI is InChI=1S/C14H11BrFNO3S/c1-9(18)10-2-5-12(6-3-10)21(19,20)17-14-7-4-11(15)8-13(14)16/h2-8,17H,1H3. The maximum absolute atomic E-state index is 13.7. The van der Waals surface area contributed by atoms with E-state index >= 15 is 0 Å². The molecule has 0 aliphatic heterocycles. The van der Waals surface area contributed by atoms with Crippen molar-refractivity contribution in [3.05, 3.63) is 58.3 Å². The van der Waals surface area contributed by atoms with Gasteiger partial charge in [-0.3, -0.25) is 9.52 Å². The van der Waals surface area contributed by atoms with Gasteiger partial charge in [-0.25, -0.2) is 12.8 Å². The van der Waals surface area contributed by atoms with Gasteiger partial charge in [0.25, 0.3) is 10.0 Å². The van der Waals surface area contributed by atoms with E-state index in [9.17, 15) is 17.6 Å². The van der Waals surface area contributed by atoms with Crippen LogP contribution in [0, 0.1) is 5.82 Å². The van der Waals surface area contributed by atoms with Crippen molar-refractivity contribution in [2.24, 2.45) is 0 Å². The molecule has 21 heavy (non-hydrogen) atoms. The molecule has 0 heterocycles. The van der Waals surface area contributed by atoms with E-state index in [1.54, 1.807) is 0 Å². The van der Waals surface area contributed by atoms with E-state index in [0.29, 0.717) is 10.0 Å². The number of hydrogen-bond donors (Lipinski definition) is 1. The van der Waals surface area contributed by atoms with Gasteiger partial charge >= 0.3 is 0 Å². The summed E-state index contributed by atoms with van der Waals surface area (Å²) in [5.41, 5.74) is 0.262. The number of rotatable bonds is 4. The van der Waals surface area contributed by atoms with Gasteiger partial charge in [0, 0.05) is 10.0 Å². The molecule has 0 aliphatic rings. The predicted molar refractivity (Wildman–Crippen MR) is 81.4 cm³/mol. The molecule has 2 rings (SSSR count). The van der Waals surface area contributed by atoms with Gasteiger partial charge in [0.15, 0.2) is 5.78 Å². The molecule has 7 heteroatoms. The molecule has 0 atom stereocenters. The zero-order valence-electron chi connectivity index (χ0n) is 10.9. The first-order chi connectivity index (χ1) is 9.79. The van der Waals surface area contributed by atoms with E-state index in [0.717, 1.165) is 6.07 Å². The van der Waals surface area contributed by atoms with Crippen molar-refractivity contribution in [2.75, 3.05) is 4.72 Å². The van der Waals surface area contributed by atoms with Gasteiger partial charge in [-0.15, -0.1) is 0 Å². The van der Waals surface area contributed by atoms with Crippen molar-refractivity contribution in [1.29, 1.82) is 0 Å². The van der Waals surface area contributed by atoms with Crippen molar-refractivity contribution in [1.82, 2.24) is 0 Å². The topological polar surface area (TPSA) is 63.2 Å². The van der Waals surface area contributed by atoms with Gasteiger partial charge in [0.05, 0.1) is 10.6 Å². The van der Waals surface area contributed by atoms with E-state index < -0.39 is 15.8 Å². The maximum Gasteiger partial charge on any atom is 0.261 e. The Morgan fingerprint density at radius 3 is 2.29 bits per heavy atom. The third-order valence-corrected chi connectivity index (χ3v) is 4.62. The van der Waals surface area contributed by atoms with E-state index in [2.05, 4.69) is 20.7 Å². The first-order valence-corrected chi connectivity index (χ1v) is 8.16. The summed E-state index contributed by atoms with van der Waals surface area (Å²) in [7, 11) is -3.91. The lowest BCUT2D eigenvalue weighted by molar-refractivity contribution is 0.101. The summed E-state index contributed by atoms with van der Waals surface area (Å²) in [5.74, 6) is -0.848. The molecule has 0 fully saturated rings. The van der Waals surface area contributed by atoms with E-state index in [1.807, 2.05) is 0 Å². The minimum absolute atomic E-state index is 0.0465. The number of ketones is 1. The van der Waals surface area contributed by atoms with Gasteiger partial charge < -0.3 is 0 Å². The Morgan fingerprint density at radius 1 is 1.14 bits per heavy atom. The Kier molecular flexibility index (Phi) is 4.43. The molecule has 0 saturated carbocycles. The van der Waals surface area contributed by atoms with Crippen LogP contribution in [-0.2, 0) is 10.0 Å². The minimum atomic E-state index is -3.91. The number of carbonyl (C=O) groups excluding carboxylic acids is 1. The fourth-order valence-electron chi connectivity index (χ4n) is 1.64. The largest absolute Gasteiger partial charge is 0.295 e. The SMILES string of the molecule is CC(=O)c1ccc(S(=O)(=O)Nc2ccc(Br)cc2F)cc1. The van der Waals surface area contributed by atoms with Gasteiger partial charge in [0.2, 0.25) is 0 Å². The van der Waals surface area contributed by atoms with Crippen LogP contribution in [0.4, 0.5) is 10.1 Å². The normalized spacial score (nSPS) is 11.2. The molecule has 0 bridgehead atoms. The van der Waals surface area contributed by atoms with Crippen LogP contribution < -0.4 is 4.72 Å². The summed E-state index contributed by atoms with van der Waals surface area (Å²) < 4.78 is 40.6.